The maximum Gasteiger partial charge on any atom is 0.317 e. The second-order valence-electron chi connectivity index (χ2n) is 4.51. The number of hydrogen-bond donors (Lipinski definition) is 2. The Hall–Kier alpha value is -1.98. The summed E-state index contributed by atoms with van der Waals surface area (Å²) in [6.07, 6.45) is 2.09. The Morgan fingerprint density at radius 2 is 2.21 bits per heavy atom. The predicted molar refractivity (Wildman–Crippen MR) is 69.8 cm³/mol. The van der Waals surface area contributed by atoms with Gasteiger partial charge in [0.1, 0.15) is 5.76 Å². The zero-order valence-corrected chi connectivity index (χ0v) is 11.5. The molecule has 0 saturated carbocycles. The van der Waals surface area contributed by atoms with Crippen molar-refractivity contribution in [3.63, 3.8) is 0 Å². The van der Waals surface area contributed by atoms with Crippen LogP contribution in [0.5, 0.6) is 0 Å². The van der Waals surface area contributed by atoms with Crippen molar-refractivity contribution in [2.75, 3.05) is 7.05 Å². The van der Waals surface area contributed by atoms with E-state index in [0.29, 0.717) is 13.0 Å². The molecular formula is C13H20N2O4. The van der Waals surface area contributed by atoms with Gasteiger partial charge in [0.2, 0.25) is 0 Å². The fraction of sp³-hybridized carbons (Fsp3) is 0.538. The van der Waals surface area contributed by atoms with Crippen LogP contribution in [0.2, 0.25) is 0 Å². The van der Waals surface area contributed by atoms with Crippen LogP contribution in [0.3, 0.4) is 0 Å². The van der Waals surface area contributed by atoms with Crippen molar-refractivity contribution in [2.24, 2.45) is 0 Å². The molecule has 0 aliphatic rings. The number of hydrogen-bond acceptors (Lipinski definition) is 3. The van der Waals surface area contributed by atoms with Crippen molar-refractivity contribution in [3.05, 3.63) is 23.7 Å². The SMILES string of the molecule is CCC(CC(=O)O)NC(=O)N(C)Cc1ccoc1C. The molecule has 0 aliphatic carbocycles. The highest BCUT2D eigenvalue weighted by molar-refractivity contribution is 5.75. The van der Waals surface area contributed by atoms with E-state index in [1.54, 1.807) is 13.3 Å². The van der Waals surface area contributed by atoms with Gasteiger partial charge in [0.25, 0.3) is 0 Å². The monoisotopic (exact) mass is 268 g/mol. The molecule has 0 radical (unpaired) electrons. The summed E-state index contributed by atoms with van der Waals surface area (Å²) in [4.78, 5) is 24.1. The van der Waals surface area contributed by atoms with Crippen LogP contribution in [0.1, 0.15) is 31.1 Å². The lowest BCUT2D eigenvalue weighted by Gasteiger charge is -2.21. The van der Waals surface area contributed by atoms with Gasteiger partial charge in [0.05, 0.1) is 19.2 Å². The zero-order valence-electron chi connectivity index (χ0n) is 11.5. The highest BCUT2D eigenvalue weighted by Gasteiger charge is 2.17. The first kappa shape index (κ1) is 15.1. The summed E-state index contributed by atoms with van der Waals surface area (Å²) in [7, 11) is 1.66. The summed E-state index contributed by atoms with van der Waals surface area (Å²) in [5.41, 5.74) is 0.934. The van der Waals surface area contributed by atoms with Gasteiger partial charge < -0.3 is 19.7 Å². The molecule has 2 amide bonds. The van der Waals surface area contributed by atoms with Crippen LogP contribution in [0.15, 0.2) is 16.7 Å². The van der Waals surface area contributed by atoms with E-state index >= 15 is 0 Å². The van der Waals surface area contributed by atoms with Crippen LogP contribution < -0.4 is 5.32 Å². The van der Waals surface area contributed by atoms with Crippen LogP contribution in [0, 0.1) is 6.92 Å². The molecular weight excluding hydrogens is 248 g/mol. The van der Waals surface area contributed by atoms with E-state index in [9.17, 15) is 9.59 Å². The minimum Gasteiger partial charge on any atom is -0.481 e. The van der Waals surface area contributed by atoms with E-state index in [1.807, 2.05) is 19.9 Å². The summed E-state index contributed by atoms with van der Waals surface area (Å²) in [6, 6.07) is 1.18. The third-order valence-corrected chi connectivity index (χ3v) is 2.96. The van der Waals surface area contributed by atoms with Crippen LogP contribution in [-0.2, 0) is 11.3 Å². The lowest BCUT2D eigenvalue weighted by Crippen LogP contribution is -2.43. The van der Waals surface area contributed by atoms with Crippen molar-refractivity contribution >= 4 is 12.0 Å². The van der Waals surface area contributed by atoms with E-state index < -0.39 is 5.97 Å². The summed E-state index contributed by atoms with van der Waals surface area (Å²) < 4.78 is 5.16. The van der Waals surface area contributed by atoms with Gasteiger partial charge in [-0.2, -0.15) is 0 Å². The van der Waals surface area contributed by atoms with Gasteiger partial charge >= 0.3 is 12.0 Å². The van der Waals surface area contributed by atoms with Gasteiger partial charge in [-0.25, -0.2) is 4.79 Å². The van der Waals surface area contributed by atoms with Gasteiger partial charge in [-0.1, -0.05) is 6.92 Å². The molecule has 0 aliphatic heterocycles. The number of aryl methyl sites for hydroxylation is 1. The quantitative estimate of drug-likeness (QED) is 0.826. The molecule has 2 N–H and O–H groups in total. The van der Waals surface area contributed by atoms with Crippen molar-refractivity contribution in [1.82, 2.24) is 10.2 Å². The summed E-state index contributed by atoms with van der Waals surface area (Å²) in [5, 5.41) is 11.4. The van der Waals surface area contributed by atoms with Gasteiger partial charge in [-0.15, -0.1) is 0 Å². The molecule has 1 unspecified atom stereocenters. The van der Waals surface area contributed by atoms with E-state index in [2.05, 4.69) is 5.32 Å². The van der Waals surface area contributed by atoms with E-state index in [1.165, 1.54) is 4.90 Å². The molecule has 0 aromatic carbocycles. The largest absolute Gasteiger partial charge is 0.481 e. The van der Waals surface area contributed by atoms with Gasteiger partial charge in [0, 0.05) is 18.7 Å². The summed E-state index contributed by atoms with van der Waals surface area (Å²) in [5.74, 6) is -0.141. The number of carbonyl (C=O) groups is 2. The molecule has 1 aromatic heterocycles. The maximum absolute atomic E-state index is 11.9. The number of carboxylic acid groups (broad SMARTS) is 1. The molecule has 0 spiro atoms. The van der Waals surface area contributed by atoms with Gasteiger partial charge in [-0.3, -0.25) is 4.79 Å². The molecule has 106 valence electrons. The fourth-order valence-corrected chi connectivity index (χ4v) is 1.70. The van der Waals surface area contributed by atoms with Crippen LogP contribution in [-0.4, -0.2) is 35.1 Å². The number of furan rings is 1. The molecule has 1 atom stereocenters. The minimum absolute atomic E-state index is 0.0686. The van der Waals surface area contributed by atoms with Gasteiger partial charge in [0.15, 0.2) is 0 Å². The Labute approximate surface area is 112 Å². The lowest BCUT2D eigenvalue weighted by atomic mass is 10.1. The molecule has 6 nitrogen and oxygen atoms in total. The number of rotatable bonds is 6. The molecule has 1 heterocycles. The zero-order chi connectivity index (χ0) is 14.4. The number of amides is 2. The third-order valence-electron chi connectivity index (χ3n) is 2.96. The molecule has 19 heavy (non-hydrogen) atoms. The highest BCUT2D eigenvalue weighted by atomic mass is 16.4. The van der Waals surface area contributed by atoms with E-state index in [0.717, 1.165) is 11.3 Å². The second-order valence-corrected chi connectivity index (χ2v) is 4.51. The molecule has 0 bridgehead atoms. The molecule has 6 heteroatoms. The number of carboxylic acids is 1. The van der Waals surface area contributed by atoms with Crippen molar-refractivity contribution in [1.29, 1.82) is 0 Å². The fourth-order valence-electron chi connectivity index (χ4n) is 1.70. The van der Waals surface area contributed by atoms with Crippen molar-refractivity contribution in [2.45, 2.75) is 39.3 Å². The van der Waals surface area contributed by atoms with Crippen LogP contribution in [0.4, 0.5) is 4.79 Å². The lowest BCUT2D eigenvalue weighted by molar-refractivity contribution is -0.137. The predicted octanol–water partition coefficient (Wildman–Crippen LogP) is 1.98. The topological polar surface area (TPSA) is 82.8 Å². The Bertz CT molecular complexity index is 442. The molecule has 0 fully saturated rings. The van der Waals surface area contributed by atoms with Crippen molar-refractivity contribution in [3.8, 4) is 0 Å². The molecule has 0 saturated heterocycles. The van der Waals surface area contributed by atoms with Crippen LogP contribution >= 0.6 is 0 Å². The average Bonchev–Trinajstić information content (AvgIpc) is 2.73. The standard InChI is InChI=1S/C13H20N2O4/c1-4-11(7-12(16)17)14-13(18)15(3)8-10-5-6-19-9(10)2/h5-6,11H,4,7-8H2,1-3H3,(H,14,18)(H,16,17). The summed E-state index contributed by atoms with van der Waals surface area (Å²) in [6.45, 7) is 4.10. The van der Waals surface area contributed by atoms with Crippen LogP contribution in [0.25, 0.3) is 0 Å². The smallest absolute Gasteiger partial charge is 0.317 e. The first-order valence-electron chi connectivity index (χ1n) is 6.20. The number of aliphatic carboxylic acids is 1. The molecule has 1 aromatic rings. The van der Waals surface area contributed by atoms with Gasteiger partial charge in [-0.05, 0) is 19.4 Å². The number of carbonyl (C=O) groups excluding carboxylic acids is 1. The first-order valence-corrected chi connectivity index (χ1v) is 6.20. The highest BCUT2D eigenvalue weighted by Crippen LogP contribution is 2.11. The Balaban J connectivity index is 2.52. The number of nitrogens with zero attached hydrogens (tertiary/aromatic N) is 1. The normalized spacial score (nSPS) is 11.9. The average molecular weight is 268 g/mol. The number of urea groups is 1. The van der Waals surface area contributed by atoms with Crippen molar-refractivity contribution < 1.29 is 19.1 Å². The first-order chi connectivity index (χ1) is 8.93. The minimum atomic E-state index is -0.916. The molecule has 1 rings (SSSR count). The van der Waals surface area contributed by atoms with E-state index in [4.69, 9.17) is 9.52 Å². The second kappa shape index (κ2) is 6.82. The Kier molecular flexibility index (Phi) is 5.41. The third kappa shape index (κ3) is 4.65. The number of nitrogens with one attached hydrogen (secondary N) is 1. The van der Waals surface area contributed by atoms with E-state index in [-0.39, 0.29) is 18.5 Å². The Morgan fingerprint density at radius 3 is 2.68 bits per heavy atom. The Morgan fingerprint density at radius 1 is 1.53 bits per heavy atom. The maximum atomic E-state index is 11.9. The summed E-state index contributed by atoms with van der Waals surface area (Å²) >= 11 is 0.